The summed E-state index contributed by atoms with van der Waals surface area (Å²) in [6, 6.07) is 3.76. The zero-order valence-corrected chi connectivity index (χ0v) is 10.9. The lowest BCUT2D eigenvalue weighted by Crippen LogP contribution is -2.48. The molecule has 0 aromatic carbocycles. The second-order valence-corrected chi connectivity index (χ2v) is 4.28. The first-order valence-corrected chi connectivity index (χ1v) is 6.27. The Balaban J connectivity index is 1.98. The van der Waals surface area contributed by atoms with Crippen LogP contribution < -0.4 is 9.64 Å². The fourth-order valence-electron chi connectivity index (χ4n) is 2.11. The molecule has 1 aliphatic heterocycles. The van der Waals surface area contributed by atoms with Crippen LogP contribution in [0.15, 0.2) is 18.3 Å². The van der Waals surface area contributed by atoms with Crippen molar-refractivity contribution in [2.45, 2.75) is 13.3 Å². The smallest absolute Gasteiger partial charge is 0.222 e. The number of aromatic nitrogens is 1. The molecular weight excluding hydrogens is 230 g/mol. The van der Waals surface area contributed by atoms with E-state index in [-0.39, 0.29) is 5.91 Å². The summed E-state index contributed by atoms with van der Waals surface area (Å²) < 4.78 is 5.19. The molecule has 0 atom stereocenters. The first-order valence-electron chi connectivity index (χ1n) is 6.27. The summed E-state index contributed by atoms with van der Waals surface area (Å²) in [4.78, 5) is 20.0. The number of carbonyl (C=O) groups is 1. The Kier molecular flexibility index (Phi) is 4.02. The number of piperazine rings is 1. The number of anilines is 1. The molecule has 5 nitrogen and oxygen atoms in total. The Morgan fingerprint density at radius 3 is 2.72 bits per heavy atom. The van der Waals surface area contributed by atoms with Gasteiger partial charge in [0.2, 0.25) is 5.91 Å². The Bertz CT molecular complexity index is 414. The predicted octanol–water partition coefficient (Wildman–Crippen LogP) is 1.15. The molecule has 0 spiro atoms. The van der Waals surface area contributed by atoms with Crippen LogP contribution in [0.3, 0.4) is 0 Å². The fourth-order valence-corrected chi connectivity index (χ4v) is 2.11. The van der Waals surface area contributed by atoms with E-state index in [1.165, 1.54) is 0 Å². The molecule has 0 unspecified atom stereocenters. The van der Waals surface area contributed by atoms with Gasteiger partial charge in [0.15, 0.2) is 0 Å². The van der Waals surface area contributed by atoms with Crippen molar-refractivity contribution in [2.75, 3.05) is 38.2 Å². The maximum Gasteiger partial charge on any atom is 0.222 e. The van der Waals surface area contributed by atoms with Gasteiger partial charge in [0, 0.05) is 44.9 Å². The SMILES string of the molecule is CCC(=O)N1CCN(c2cc(OC)ccn2)CC1. The lowest BCUT2D eigenvalue weighted by molar-refractivity contribution is -0.131. The Labute approximate surface area is 107 Å². The highest BCUT2D eigenvalue weighted by molar-refractivity contribution is 5.76. The van der Waals surface area contributed by atoms with Crippen LogP contribution in [-0.2, 0) is 4.79 Å². The van der Waals surface area contributed by atoms with Crippen LogP contribution in [0.2, 0.25) is 0 Å². The number of hydrogen-bond acceptors (Lipinski definition) is 4. The van der Waals surface area contributed by atoms with Gasteiger partial charge >= 0.3 is 0 Å². The standard InChI is InChI=1S/C13H19N3O2/c1-3-13(17)16-8-6-15(7-9-16)12-10-11(18-2)4-5-14-12/h4-5,10H,3,6-9H2,1-2H3. The zero-order chi connectivity index (χ0) is 13.0. The molecule has 1 fully saturated rings. The average molecular weight is 249 g/mol. The average Bonchev–Trinajstić information content (AvgIpc) is 2.46. The monoisotopic (exact) mass is 249 g/mol. The molecule has 2 heterocycles. The number of pyridine rings is 1. The van der Waals surface area contributed by atoms with E-state index in [0.29, 0.717) is 6.42 Å². The molecule has 0 saturated carbocycles. The van der Waals surface area contributed by atoms with Gasteiger partial charge in [0.1, 0.15) is 11.6 Å². The van der Waals surface area contributed by atoms with Crippen molar-refractivity contribution in [3.63, 3.8) is 0 Å². The van der Waals surface area contributed by atoms with Gasteiger partial charge < -0.3 is 14.5 Å². The van der Waals surface area contributed by atoms with E-state index >= 15 is 0 Å². The highest BCUT2D eigenvalue weighted by Gasteiger charge is 2.20. The highest BCUT2D eigenvalue weighted by Crippen LogP contribution is 2.19. The third kappa shape index (κ3) is 2.72. The topological polar surface area (TPSA) is 45.7 Å². The first kappa shape index (κ1) is 12.7. The molecule has 5 heteroatoms. The normalized spacial score (nSPS) is 15.7. The van der Waals surface area contributed by atoms with E-state index in [4.69, 9.17) is 4.74 Å². The van der Waals surface area contributed by atoms with Gasteiger partial charge in [-0.05, 0) is 6.07 Å². The maximum absolute atomic E-state index is 11.6. The van der Waals surface area contributed by atoms with Crippen molar-refractivity contribution < 1.29 is 9.53 Å². The minimum absolute atomic E-state index is 0.230. The Morgan fingerprint density at radius 1 is 1.39 bits per heavy atom. The molecule has 0 radical (unpaired) electrons. The fraction of sp³-hybridized carbons (Fsp3) is 0.538. The number of methoxy groups -OCH3 is 1. The number of nitrogens with zero attached hydrogens (tertiary/aromatic N) is 3. The summed E-state index contributed by atoms with van der Waals surface area (Å²) >= 11 is 0. The summed E-state index contributed by atoms with van der Waals surface area (Å²) in [5.74, 6) is 1.96. The van der Waals surface area contributed by atoms with Crippen LogP contribution in [0.1, 0.15) is 13.3 Å². The molecule has 0 N–H and O–H groups in total. The van der Waals surface area contributed by atoms with Crippen LogP contribution in [0.25, 0.3) is 0 Å². The minimum atomic E-state index is 0.230. The van der Waals surface area contributed by atoms with Crippen molar-refractivity contribution in [1.82, 2.24) is 9.88 Å². The van der Waals surface area contributed by atoms with Crippen molar-refractivity contribution in [3.8, 4) is 5.75 Å². The molecule has 1 aromatic rings. The number of rotatable bonds is 3. The molecule has 1 amide bonds. The Hall–Kier alpha value is -1.78. The number of carbonyl (C=O) groups excluding carboxylic acids is 1. The first-order chi connectivity index (χ1) is 8.74. The number of amides is 1. The van der Waals surface area contributed by atoms with E-state index in [9.17, 15) is 4.79 Å². The third-order valence-electron chi connectivity index (χ3n) is 3.21. The van der Waals surface area contributed by atoms with Gasteiger partial charge in [0.05, 0.1) is 7.11 Å². The molecule has 1 aliphatic rings. The van der Waals surface area contributed by atoms with Crippen molar-refractivity contribution in [3.05, 3.63) is 18.3 Å². The van der Waals surface area contributed by atoms with E-state index < -0.39 is 0 Å². The van der Waals surface area contributed by atoms with Gasteiger partial charge in [-0.15, -0.1) is 0 Å². The van der Waals surface area contributed by atoms with Crippen LogP contribution in [-0.4, -0.2) is 49.1 Å². The van der Waals surface area contributed by atoms with Gasteiger partial charge in [-0.2, -0.15) is 0 Å². The summed E-state index contributed by atoms with van der Waals surface area (Å²) in [5.41, 5.74) is 0. The van der Waals surface area contributed by atoms with Crippen LogP contribution in [0.5, 0.6) is 5.75 Å². The minimum Gasteiger partial charge on any atom is -0.497 e. The maximum atomic E-state index is 11.6. The quantitative estimate of drug-likeness (QED) is 0.806. The molecule has 98 valence electrons. The van der Waals surface area contributed by atoms with Gasteiger partial charge in [-0.25, -0.2) is 4.98 Å². The largest absolute Gasteiger partial charge is 0.497 e. The number of ether oxygens (including phenoxy) is 1. The summed E-state index contributed by atoms with van der Waals surface area (Å²) in [6.45, 7) is 5.09. The van der Waals surface area contributed by atoms with Gasteiger partial charge in [-0.3, -0.25) is 4.79 Å². The molecule has 0 aliphatic carbocycles. The van der Waals surface area contributed by atoms with E-state index in [0.717, 1.165) is 37.7 Å². The van der Waals surface area contributed by atoms with Crippen molar-refractivity contribution >= 4 is 11.7 Å². The molecule has 1 saturated heterocycles. The predicted molar refractivity (Wildman–Crippen MR) is 69.9 cm³/mol. The summed E-state index contributed by atoms with van der Waals surface area (Å²) in [7, 11) is 1.65. The molecule has 0 bridgehead atoms. The molecule has 18 heavy (non-hydrogen) atoms. The third-order valence-corrected chi connectivity index (χ3v) is 3.21. The Morgan fingerprint density at radius 2 is 2.11 bits per heavy atom. The van der Waals surface area contributed by atoms with E-state index in [1.807, 2.05) is 24.0 Å². The summed E-state index contributed by atoms with van der Waals surface area (Å²) in [5, 5.41) is 0. The van der Waals surface area contributed by atoms with Gasteiger partial charge in [-0.1, -0.05) is 6.92 Å². The lowest BCUT2D eigenvalue weighted by atomic mass is 10.2. The number of hydrogen-bond donors (Lipinski definition) is 0. The second kappa shape index (κ2) is 5.71. The van der Waals surface area contributed by atoms with Crippen molar-refractivity contribution in [2.24, 2.45) is 0 Å². The van der Waals surface area contributed by atoms with Crippen LogP contribution in [0, 0.1) is 0 Å². The highest BCUT2D eigenvalue weighted by atomic mass is 16.5. The lowest BCUT2D eigenvalue weighted by Gasteiger charge is -2.35. The molecule has 1 aromatic heterocycles. The zero-order valence-electron chi connectivity index (χ0n) is 10.9. The summed E-state index contributed by atoms with van der Waals surface area (Å²) in [6.07, 6.45) is 2.33. The van der Waals surface area contributed by atoms with E-state index in [2.05, 4.69) is 9.88 Å². The molecular formula is C13H19N3O2. The van der Waals surface area contributed by atoms with Crippen LogP contribution >= 0.6 is 0 Å². The second-order valence-electron chi connectivity index (χ2n) is 4.28. The van der Waals surface area contributed by atoms with Crippen LogP contribution in [0.4, 0.5) is 5.82 Å². The molecule has 2 rings (SSSR count). The van der Waals surface area contributed by atoms with E-state index in [1.54, 1.807) is 13.3 Å². The van der Waals surface area contributed by atoms with Crippen molar-refractivity contribution in [1.29, 1.82) is 0 Å². The van der Waals surface area contributed by atoms with Gasteiger partial charge in [0.25, 0.3) is 0 Å².